The molecule has 0 saturated heterocycles. The highest BCUT2D eigenvalue weighted by atomic mass is 32.2. The molecule has 0 unspecified atom stereocenters. The largest absolute Gasteiger partial charge is 0.504 e. The number of aromatic hydroxyl groups is 1. The van der Waals surface area contributed by atoms with Crippen LogP contribution in [-0.4, -0.2) is 42.0 Å². The molecule has 2 N–H and O–H groups in total. The first-order chi connectivity index (χ1) is 16.6. The van der Waals surface area contributed by atoms with E-state index >= 15 is 0 Å². The number of ether oxygens (including phenoxy) is 4. The fourth-order valence-corrected chi connectivity index (χ4v) is 4.30. The summed E-state index contributed by atoms with van der Waals surface area (Å²) >= 11 is 0. The van der Waals surface area contributed by atoms with E-state index in [0.717, 1.165) is 6.07 Å². The number of halogens is 2. The lowest BCUT2D eigenvalue weighted by atomic mass is 10.1. The average Bonchev–Trinajstić information content (AvgIpc) is 2.84. The molecule has 0 amide bonds. The molecule has 3 aromatic rings. The van der Waals surface area contributed by atoms with Gasteiger partial charge in [-0.15, -0.1) is 0 Å². The van der Waals surface area contributed by atoms with Crippen molar-refractivity contribution in [2.24, 2.45) is 0 Å². The summed E-state index contributed by atoms with van der Waals surface area (Å²) in [6.45, 7) is 0. The second-order valence-electron chi connectivity index (χ2n) is 7.08. The molecule has 35 heavy (non-hydrogen) atoms. The molecule has 0 atom stereocenters. The van der Waals surface area contributed by atoms with Gasteiger partial charge in [0.1, 0.15) is 0 Å². The molecule has 8 nitrogen and oxygen atoms in total. The van der Waals surface area contributed by atoms with Crippen LogP contribution in [0.5, 0.6) is 28.7 Å². The van der Waals surface area contributed by atoms with Crippen LogP contribution < -0.4 is 23.7 Å². The van der Waals surface area contributed by atoms with E-state index < -0.39 is 26.6 Å². The topological polar surface area (TPSA) is 103 Å². The maximum absolute atomic E-state index is 13.6. The van der Waals surface area contributed by atoms with Crippen LogP contribution in [0.3, 0.4) is 0 Å². The lowest BCUT2D eigenvalue weighted by molar-refractivity contribution is 0.324. The van der Waals surface area contributed by atoms with Gasteiger partial charge in [0.15, 0.2) is 34.6 Å². The van der Waals surface area contributed by atoms with Crippen molar-refractivity contribution in [1.29, 1.82) is 0 Å². The van der Waals surface area contributed by atoms with E-state index in [-0.39, 0.29) is 22.7 Å². The zero-order valence-electron chi connectivity index (χ0n) is 19.3. The Morgan fingerprint density at radius 3 is 1.97 bits per heavy atom. The molecule has 0 aliphatic heterocycles. The van der Waals surface area contributed by atoms with Crippen LogP contribution in [-0.2, 0) is 10.0 Å². The summed E-state index contributed by atoms with van der Waals surface area (Å²) in [5.41, 5.74) is 0.889. The maximum Gasteiger partial charge on any atom is 0.262 e. The van der Waals surface area contributed by atoms with E-state index in [1.165, 1.54) is 46.6 Å². The van der Waals surface area contributed by atoms with Gasteiger partial charge in [0.25, 0.3) is 10.0 Å². The number of phenolic OH excluding ortho intramolecular Hbond substituents is 1. The van der Waals surface area contributed by atoms with Crippen LogP contribution in [0.25, 0.3) is 12.2 Å². The normalized spacial score (nSPS) is 11.4. The van der Waals surface area contributed by atoms with Gasteiger partial charge in [0.05, 0.1) is 39.0 Å². The third-order valence-electron chi connectivity index (χ3n) is 4.94. The molecule has 0 heterocycles. The van der Waals surface area contributed by atoms with Crippen molar-refractivity contribution in [3.63, 3.8) is 0 Å². The van der Waals surface area contributed by atoms with Crippen LogP contribution in [0.2, 0.25) is 0 Å². The molecule has 0 aliphatic carbocycles. The Balaban J connectivity index is 2.06. The molecule has 0 spiro atoms. The van der Waals surface area contributed by atoms with Gasteiger partial charge in [-0.2, -0.15) is 0 Å². The highest BCUT2D eigenvalue weighted by Gasteiger charge is 2.20. The molecule has 186 valence electrons. The van der Waals surface area contributed by atoms with Crippen molar-refractivity contribution in [3.8, 4) is 28.7 Å². The average molecular weight is 508 g/mol. The maximum atomic E-state index is 13.6. The van der Waals surface area contributed by atoms with Crippen LogP contribution in [0.15, 0.2) is 47.4 Å². The van der Waals surface area contributed by atoms with Crippen molar-refractivity contribution in [1.82, 2.24) is 0 Å². The van der Waals surface area contributed by atoms with E-state index in [4.69, 9.17) is 18.9 Å². The Hall–Kier alpha value is -3.99. The third-order valence-corrected chi connectivity index (χ3v) is 6.30. The van der Waals surface area contributed by atoms with Gasteiger partial charge in [-0.25, -0.2) is 17.2 Å². The molecule has 11 heteroatoms. The van der Waals surface area contributed by atoms with Gasteiger partial charge in [-0.1, -0.05) is 12.2 Å². The van der Waals surface area contributed by atoms with Crippen molar-refractivity contribution in [3.05, 3.63) is 65.2 Å². The molecule has 3 rings (SSSR count). The Labute approximate surface area is 201 Å². The predicted molar refractivity (Wildman–Crippen MR) is 127 cm³/mol. The zero-order chi connectivity index (χ0) is 25.8. The van der Waals surface area contributed by atoms with E-state index in [0.29, 0.717) is 34.9 Å². The molecule has 0 aromatic heterocycles. The minimum atomic E-state index is -4.31. The van der Waals surface area contributed by atoms with Gasteiger partial charge in [-0.3, -0.25) is 4.72 Å². The number of rotatable bonds is 9. The summed E-state index contributed by atoms with van der Waals surface area (Å²) in [4.78, 5) is -0.483. The number of methoxy groups -OCH3 is 4. The smallest absolute Gasteiger partial charge is 0.262 e. The lowest BCUT2D eigenvalue weighted by Gasteiger charge is -2.14. The fourth-order valence-electron chi connectivity index (χ4n) is 3.21. The van der Waals surface area contributed by atoms with Crippen LogP contribution in [0.4, 0.5) is 14.5 Å². The molecule has 0 fully saturated rings. The van der Waals surface area contributed by atoms with Crippen molar-refractivity contribution >= 4 is 27.9 Å². The highest BCUT2D eigenvalue weighted by molar-refractivity contribution is 7.92. The Kier molecular flexibility index (Phi) is 7.70. The van der Waals surface area contributed by atoms with Crippen LogP contribution in [0.1, 0.15) is 11.1 Å². The first-order valence-corrected chi connectivity index (χ1v) is 11.5. The second kappa shape index (κ2) is 10.5. The number of sulfonamides is 1. The Morgan fingerprint density at radius 1 is 0.800 bits per heavy atom. The van der Waals surface area contributed by atoms with Crippen LogP contribution >= 0.6 is 0 Å². The predicted octanol–water partition coefficient (Wildman–Crippen LogP) is 4.68. The van der Waals surface area contributed by atoms with Crippen molar-refractivity contribution in [2.45, 2.75) is 4.90 Å². The van der Waals surface area contributed by atoms with E-state index in [9.17, 15) is 22.3 Å². The molecule has 0 saturated carbocycles. The number of hydrogen-bond acceptors (Lipinski definition) is 7. The zero-order valence-corrected chi connectivity index (χ0v) is 20.1. The SMILES string of the molecule is COc1cc(NS(=O)(=O)c2ccc(F)c(F)c2)c(C=Cc2cc(OC)c(OC)c(OC)c2)cc1O. The third kappa shape index (κ3) is 5.57. The number of nitrogens with one attached hydrogen (secondary N) is 1. The molecule has 0 aliphatic rings. The molecule has 0 bridgehead atoms. The molecule has 3 aromatic carbocycles. The standard InChI is InChI=1S/C24H23F2NO7S/c1-31-21-13-19(27-35(29,30)16-7-8-17(25)18(26)12-16)15(11-20(21)28)6-5-14-9-22(32-2)24(34-4)23(10-14)33-3/h5-13,27-28H,1-4H3. The number of anilines is 1. The second-order valence-corrected chi connectivity index (χ2v) is 8.77. The van der Waals surface area contributed by atoms with Gasteiger partial charge >= 0.3 is 0 Å². The summed E-state index contributed by atoms with van der Waals surface area (Å²) < 4.78 is 75.9. The molecular weight excluding hydrogens is 484 g/mol. The molecular formula is C24H23F2NO7S. The summed E-state index contributed by atoms with van der Waals surface area (Å²) in [6.07, 6.45) is 3.16. The van der Waals surface area contributed by atoms with E-state index in [1.807, 2.05) is 0 Å². The van der Waals surface area contributed by atoms with Gasteiger partial charge < -0.3 is 24.1 Å². The minimum Gasteiger partial charge on any atom is -0.504 e. The van der Waals surface area contributed by atoms with Gasteiger partial charge in [-0.05, 0) is 42.0 Å². The first-order valence-electron chi connectivity index (χ1n) is 10.0. The summed E-state index contributed by atoms with van der Waals surface area (Å²) in [7, 11) is 1.40. The summed E-state index contributed by atoms with van der Waals surface area (Å²) in [5.74, 6) is -1.52. The van der Waals surface area contributed by atoms with E-state index in [2.05, 4.69) is 4.72 Å². The Bertz CT molecular complexity index is 1350. The van der Waals surface area contributed by atoms with Crippen LogP contribution in [0, 0.1) is 11.6 Å². The fraction of sp³-hybridized carbons (Fsp3) is 0.167. The monoisotopic (exact) mass is 507 g/mol. The summed E-state index contributed by atoms with van der Waals surface area (Å²) in [5, 5.41) is 10.2. The Morgan fingerprint density at radius 2 is 1.43 bits per heavy atom. The van der Waals surface area contributed by atoms with E-state index in [1.54, 1.807) is 18.2 Å². The summed E-state index contributed by atoms with van der Waals surface area (Å²) in [6, 6.07) is 8.12. The number of phenols is 1. The van der Waals surface area contributed by atoms with Crippen molar-refractivity contribution in [2.75, 3.05) is 33.2 Å². The van der Waals surface area contributed by atoms with Gasteiger partial charge in [0.2, 0.25) is 5.75 Å². The van der Waals surface area contributed by atoms with Crippen molar-refractivity contribution < 1.29 is 41.3 Å². The molecule has 0 radical (unpaired) electrons. The first kappa shape index (κ1) is 25.6. The lowest BCUT2D eigenvalue weighted by Crippen LogP contribution is -2.14. The minimum absolute atomic E-state index is 0.00192. The number of hydrogen-bond donors (Lipinski definition) is 2. The quantitative estimate of drug-likeness (QED) is 0.320. The number of benzene rings is 3. The highest BCUT2D eigenvalue weighted by Crippen LogP contribution is 2.39. The van der Waals surface area contributed by atoms with Gasteiger partial charge in [0, 0.05) is 11.6 Å².